The van der Waals surface area contributed by atoms with E-state index in [1.807, 2.05) is 13.0 Å². The summed E-state index contributed by atoms with van der Waals surface area (Å²) < 4.78 is 5.46. The van der Waals surface area contributed by atoms with Crippen molar-refractivity contribution in [3.8, 4) is 5.75 Å². The largest absolute Gasteiger partial charge is 0.496 e. The number of aromatic amines is 1. The molecule has 1 N–H and O–H groups in total. The van der Waals surface area contributed by atoms with E-state index in [1.165, 1.54) is 0 Å². The van der Waals surface area contributed by atoms with Crippen LogP contribution in [0.3, 0.4) is 0 Å². The number of benzene rings is 1. The smallest absolute Gasteiger partial charge is 0.189 e. The van der Waals surface area contributed by atoms with Gasteiger partial charge in [0.15, 0.2) is 5.43 Å². The van der Waals surface area contributed by atoms with Crippen LogP contribution in [0, 0.1) is 6.92 Å². The van der Waals surface area contributed by atoms with Crippen molar-refractivity contribution >= 4 is 10.9 Å². The number of nitrogens with one attached hydrogen (secondary N) is 1. The van der Waals surface area contributed by atoms with E-state index in [-0.39, 0.29) is 10.8 Å². The second-order valence-electron chi connectivity index (χ2n) is 5.61. The zero-order valence-electron chi connectivity index (χ0n) is 11.5. The second-order valence-corrected chi connectivity index (χ2v) is 5.61. The average Bonchev–Trinajstić information content (AvgIpc) is 2.28. The van der Waals surface area contributed by atoms with Gasteiger partial charge in [-0.2, -0.15) is 0 Å². The molecule has 2 aromatic rings. The Bertz CT molecular complexity index is 648. The van der Waals surface area contributed by atoms with Crippen molar-refractivity contribution in [1.29, 1.82) is 0 Å². The number of hydrogen-bond donors (Lipinski definition) is 1. The minimum absolute atomic E-state index is 0.0377. The lowest BCUT2D eigenvalue weighted by molar-refractivity contribution is 0.399. The molecule has 0 saturated heterocycles. The van der Waals surface area contributed by atoms with Crippen LogP contribution in [0.1, 0.15) is 31.9 Å². The van der Waals surface area contributed by atoms with Gasteiger partial charge in [-0.1, -0.05) is 20.8 Å². The number of fused-ring (bicyclic) bond motifs is 1. The Hall–Kier alpha value is -1.77. The Morgan fingerprint density at radius 1 is 1.28 bits per heavy atom. The molecule has 2 rings (SSSR count). The molecule has 96 valence electrons. The van der Waals surface area contributed by atoms with Gasteiger partial charge >= 0.3 is 0 Å². The molecule has 0 radical (unpaired) electrons. The van der Waals surface area contributed by atoms with Gasteiger partial charge in [0.1, 0.15) is 5.75 Å². The first-order valence-corrected chi connectivity index (χ1v) is 6.05. The van der Waals surface area contributed by atoms with Crippen LogP contribution in [-0.2, 0) is 5.41 Å². The van der Waals surface area contributed by atoms with Crippen LogP contribution >= 0.6 is 0 Å². The number of aryl methyl sites for hydroxylation is 1. The second kappa shape index (κ2) is 4.16. The molecule has 0 fully saturated rings. The van der Waals surface area contributed by atoms with E-state index < -0.39 is 0 Å². The molecule has 0 unspecified atom stereocenters. The fourth-order valence-electron chi connectivity index (χ4n) is 2.41. The minimum Gasteiger partial charge on any atom is -0.496 e. The summed E-state index contributed by atoms with van der Waals surface area (Å²) in [5.41, 5.74) is 2.77. The van der Waals surface area contributed by atoms with E-state index >= 15 is 0 Å². The van der Waals surface area contributed by atoms with Crippen molar-refractivity contribution in [2.75, 3.05) is 7.11 Å². The molecular weight excluding hydrogens is 226 g/mol. The van der Waals surface area contributed by atoms with Crippen molar-refractivity contribution in [1.82, 2.24) is 4.98 Å². The lowest BCUT2D eigenvalue weighted by atomic mass is 9.83. The summed E-state index contributed by atoms with van der Waals surface area (Å²) >= 11 is 0. The van der Waals surface area contributed by atoms with Crippen LogP contribution in [0.15, 0.2) is 23.1 Å². The van der Waals surface area contributed by atoms with Gasteiger partial charge in [0.2, 0.25) is 0 Å². The molecule has 18 heavy (non-hydrogen) atoms. The summed E-state index contributed by atoms with van der Waals surface area (Å²) in [6, 6.07) is 3.55. The van der Waals surface area contributed by atoms with E-state index in [1.54, 1.807) is 19.4 Å². The van der Waals surface area contributed by atoms with Crippen LogP contribution < -0.4 is 10.2 Å². The number of aromatic nitrogens is 1. The van der Waals surface area contributed by atoms with Crippen molar-refractivity contribution in [3.05, 3.63) is 39.7 Å². The Morgan fingerprint density at radius 3 is 2.50 bits per heavy atom. The molecular formula is C15H19NO2. The van der Waals surface area contributed by atoms with E-state index in [2.05, 4.69) is 25.8 Å². The molecule has 0 saturated carbocycles. The number of H-pyrrole nitrogens is 1. The molecule has 0 aliphatic carbocycles. The van der Waals surface area contributed by atoms with Gasteiger partial charge in [-0.25, -0.2) is 0 Å². The number of ether oxygens (including phenoxy) is 1. The molecule has 3 heteroatoms. The first-order valence-electron chi connectivity index (χ1n) is 6.05. The molecule has 0 spiro atoms. The van der Waals surface area contributed by atoms with Crippen LogP contribution in [0.4, 0.5) is 0 Å². The molecule has 0 atom stereocenters. The highest BCUT2D eigenvalue weighted by Crippen LogP contribution is 2.36. The quantitative estimate of drug-likeness (QED) is 0.838. The van der Waals surface area contributed by atoms with E-state index in [9.17, 15) is 4.79 Å². The molecule has 0 aliphatic heterocycles. The zero-order valence-corrected chi connectivity index (χ0v) is 11.5. The van der Waals surface area contributed by atoms with E-state index in [0.717, 1.165) is 27.8 Å². The van der Waals surface area contributed by atoms with Gasteiger partial charge in [-0.15, -0.1) is 0 Å². The van der Waals surface area contributed by atoms with Gasteiger partial charge in [-0.05, 0) is 24.0 Å². The first kappa shape index (κ1) is 12.7. The maximum atomic E-state index is 12.2. The monoisotopic (exact) mass is 245 g/mol. The molecule has 0 amide bonds. The van der Waals surface area contributed by atoms with E-state index in [4.69, 9.17) is 4.74 Å². The Labute approximate surface area is 107 Å². The Kier molecular flexibility index (Phi) is 2.93. The highest BCUT2D eigenvalue weighted by molar-refractivity contribution is 5.88. The third kappa shape index (κ3) is 1.90. The molecule has 0 bridgehead atoms. The number of rotatable bonds is 1. The summed E-state index contributed by atoms with van der Waals surface area (Å²) in [7, 11) is 1.65. The topological polar surface area (TPSA) is 42.1 Å². The lowest BCUT2D eigenvalue weighted by Crippen LogP contribution is -2.18. The fourth-order valence-corrected chi connectivity index (χ4v) is 2.41. The van der Waals surface area contributed by atoms with Crippen LogP contribution in [0.5, 0.6) is 5.75 Å². The first-order chi connectivity index (χ1) is 8.36. The van der Waals surface area contributed by atoms with Crippen LogP contribution in [0.2, 0.25) is 0 Å². The minimum atomic E-state index is -0.147. The normalized spacial score (nSPS) is 11.8. The maximum Gasteiger partial charge on any atom is 0.189 e. The van der Waals surface area contributed by atoms with Gasteiger partial charge in [0.05, 0.1) is 18.0 Å². The zero-order chi connectivity index (χ0) is 13.5. The number of methoxy groups -OCH3 is 1. The standard InChI is InChI=1S/C15H19NO2/c1-9-8-11(18-5)13(15(2,3)4)12-10(17)6-7-16-14(9)12/h6-8H,1-5H3,(H,16,17). The average molecular weight is 245 g/mol. The van der Waals surface area contributed by atoms with E-state index in [0.29, 0.717) is 0 Å². The van der Waals surface area contributed by atoms with Crippen LogP contribution in [-0.4, -0.2) is 12.1 Å². The summed E-state index contributed by atoms with van der Waals surface area (Å²) in [4.78, 5) is 15.4. The summed E-state index contributed by atoms with van der Waals surface area (Å²) in [5.74, 6) is 0.782. The maximum absolute atomic E-state index is 12.2. The number of hydrogen-bond acceptors (Lipinski definition) is 2. The van der Waals surface area contributed by atoms with Gasteiger partial charge in [0.25, 0.3) is 0 Å². The Balaban J connectivity index is 3.06. The van der Waals surface area contributed by atoms with Crippen molar-refractivity contribution in [2.24, 2.45) is 0 Å². The van der Waals surface area contributed by atoms with Gasteiger partial charge in [-0.3, -0.25) is 4.79 Å². The predicted octanol–water partition coefficient (Wildman–Crippen LogP) is 3.14. The summed E-state index contributed by atoms with van der Waals surface area (Å²) in [6.07, 6.45) is 1.69. The molecule has 1 aromatic heterocycles. The predicted molar refractivity (Wildman–Crippen MR) is 74.6 cm³/mol. The van der Waals surface area contributed by atoms with Crippen molar-refractivity contribution in [3.63, 3.8) is 0 Å². The molecule has 1 aromatic carbocycles. The third-order valence-electron chi connectivity index (χ3n) is 3.17. The van der Waals surface area contributed by atoms with Crippen molar-refractivity contribution in [2.45, 2.75) is 33.1 Å². The molecule has 3 nitrogen and oxygen atoms in total. The highest BCUT2D eigenvalue weighted by Gasteiger charge is 2.24. The Morgan fingerprint density at radius 2 is 1.94 bits per heavy atom. The summed E-state index contributed by atoms with van der Waals surface area (Å²) in [6.45, 7) is 8.25. The molecule has 0 aliphatic rings. The van der Waals surface area contributed by atoms with Gasteiger partial charge < -0.3 is 9.72 Å². The fraction of sp³-hybridized carbons (Fsp3) is 0.400. The van der Waals surface area contributed by atoms with Gasteiger partial charge in [0, 0.05) is 17.8 Å². The summed E-state index contributed by atoms with van der Waals surface area (Å²) in [5, 5.41) is 0.738. The van der Waals surface area contributed by atoms with Crippen molar-refractivity contribution < 1.29 is 4.74 Å². The SMILES string of the molecule is COc1cc(C)c2[nH]ccc(=O)c2c1C(C)(C)C. The number of pyridine rings is 1. The third-order valence-corrected chi connectivity index (χ3v) is 3.17. The lowest BCUT2D eigenvalue weighted by Gasteiger charge is -2.24. The highest BCUT2D eigenvalue weighted by atomic mass is 16.5. The molecule has 1 heterocycles. The van der Waals surface area contributed by atoms with Crippen LogP contribution in [0.25, 0.3) is 10.9 Å².